The van der Waals surface area contributed by atoms with Crippen LogP contribution in [0.4, 0.5) is 5.69 Å². The molecule has 0 unspecified atom stereocenters. The molecule has 5 heteroatoms. The maximum absolute atomic E-state index is 12.2. The zero-order valence-corrected chi connectivity index (χ0v) is 13.1. The molecule has 1 amide bonds. The molecule has 0 saturated carbocycles. The van der Waals surface area contributed by atoms with Crippen LogP contribution in [0.3, 0.4) is 0 Å². The van der Waals surface area contributed by atoms with E-state index in [1.54, 1.807) is 31.4 Å². The Hall–Kier alpha value is -2.46. The molecule has 0 saturated heterocycles. The van der Waals surface area contributed by atoms with Gasteiger partial charge in [-0.2, -0.15) is 0 Å². The lowest BCUT2D eigenvalue weighted by Gasteiger charge is -2.11. The smallest absolute Gasteiger partial charge is 0.267 e. The molecule has 0 atom stereocenters. The molecule has 1 N–H and O–H groups in total. The summed E-state index contributed by atoms with van der Waals surface area (Å²) in [5, 5.41) is 2.79. The van der Waals surface area contributed by atoms with E-state index in [2.05, 4.69) is 5.32 Å². The lowest BCUT2D eigenvalue weighted by molar-refractivity contribution is -0.112. The molecule has 0 heterocycles. The summed E-state index contributed by atoms with van der Waals surface area (Å²) in [5.74, 6) is 0.717. The highest BCUT2D eigenvalue weighted by molar-refractivity contribution is 6.45. The Labute approximate surface area is 134 Å². The number of hydrogen-bond donors (Lipinski definition) is 1. The number of carbonyl (C=O) groups is 1. The van der Waals surface area contributed by atoms with Crippen LogP contribution in [0.15, 0.2) is 53.6 Å². The van der Waals surface area contributed by atoms with Crippen LogP contribution in [0.25, 0.3) is 6.08 Å². The summed E-state index contributed by atoms with van der Waals surface area (Å²) in [5.41, 5.74) is 1.34. The summed E-state index contributed by atoms with van der Waals surface area (Å²) in [4.78, 5) is 12.2. The predicted octanol–water partition coefficient (Wildman–Crippen LogP) is 3.92. The molecule has 0 aliphatic carbocycles. The summed E-state index contributed by atoms with van der Waals surface area (Å²) >= 11 is 6.06. The standard InChI is InChI=1S/C17H16ClNO3/c1-21-13-8-9-16(22-2)15(11-13)19-17(20)14(18)10-12-6-4-3-5-7-12/h3-11H,1-2H3,(H,19,20)/b14-10-. The first-order chi connectivity index (χ1) is 10.6. The fourth-order valence-electron chi connectivity index (χ4n) is 1.85. The van der Waals surface area contributed by atoms with Gasteiger partial charge in [-0.15, -0.1) is 0 Å². The van der Waals surface area contributed by atoms with Crippen LogP contribution in [0.2, 0.25) is 0 Å². The number of halogens is 1. The van der Waals surface area contributed by atoms with Gasteiger partial charge in [0.05, 0.1) is 19.9 Å². The van der Waals surface area contributed by atoms with Gasteiger partial charge in [-0.1, -0.05) is 41.9 Å². The number of benzene rings is 2. The van der Waals surface area contributed by atoms with Gasteiger partial charge in [0, 0.05) is 6.07 Å². The van der Waals surface area contributed by atoms with Gasteiger partial charge in [-0.05, 0) is 23.8 Å². The average Bonchev–Trinajstić information content (AvgIpc) is 2.55. The van der Waals surface area contributed by atoms with E-state index in [4.69, 9.17) is 21.1 Å². The Morgan fingerprint density at radius 1 is 1.09 bits per heavy atom. The second-order valence-electron chi connectivity index (χ2n) is 4.42. The van der Waals surface area contributed by atoms with Crippen molar-refractivity contribution in [1.29, 1.82) is 0 Å². The lowest BCUT2D eigenvalue weighted by Crippen LogP contribution is -2.12. The average molecular weight is 318 g/mol. The maximum Gasteiger partial charge on any atom is 0.267 e. The molecule has 114 valence electrons. The molecule has 4 nitrogen and oxygen atoms in total. The van der Waals surface area contributed by atoms with Gasteiger partial charge in [0.15, 0.2) is 0 Å². The highest BCUT2D eigenvalue weighted by Crippen LogP contribution is 2.29. The van der Waals surface area contributed by atoms with Gasteiger partial charge >= 0.3 is 0 Å². The van der Waals surface area contributed by atoms with E-state index >= 15 is 0 Å². The van der Waals surface area contributed by atoms with Crippen molar-refractivity contribution in [3.63, 3.8) is 0 Å². The minimum Gasteiger partial charge on any atom is -0.497 e. The fraction of sp³-hybridized carbons (Fsp3) is 0.118. The topological polar surface area (TPSA) is 47.6 Å². The SMILES string of the molecule is COc1ccc(OC)c(NC(=O)/C(Cl)=C/c2ccccc2)c1. The Bertz CT molecular complexity index is 684. The van der Waals surface area contributed by atoms with Crippen molar-refractivity contribution < 1.29 is 14.3 Å². The number of ether oxygens (including phenoxy) is 2. The van der Waals surface area contributed by atoms with E-state index in [1.807, 2.05) is 30.3 Å². The summed E-state index contributed by atoms with van der Waals surface area (Å²) < 4.78 is 10.3. The van der Waals surface area contributed by atoms with Crippen molar-refractivity contribution in [2.24, 2.45) is 0 Å². The monoisotopic (exact) mass is 317 g/mol. The highest BCUT2D eigenvalue weighted by atomic mass is 35.5. The largest absolute Gasteiger partial charge is 0.497 e. The Kier molecular flexibility index (Phi) is 5.44. The van der Waals surface area contributed by atoms with Crippen molar-refractivity contribution in [1.82, 2.24) is 0 Å². The fourth-order valence-corrected chi connectivity index (χ4v) is 2.03. The predicted molar refractivity (Wildman–Crippen MR) is 88.4 cm³/mol. The third-order valence-corrected chi connectivity index (χ3v) is 3.25. The van der Waals surface area contributed by atoms with Crippen LogP contribution in [0.1, 0.15) is 5.56 Å². The molecule has 0 aliphatic heterocycles. The molecule has 0 bridgehead atoms. The summed E-state index contributed by atoms with van der Waals surface area (Å²) in [6.45, 7) is 0. The van der Waals surface area contributed by atoms with E-state index < -0.39 is 5.91 Å². The van der Waals surface area contributed by atoms with Crippen molar-refractivity contribution in [3.8, 4) is 11.5 Å². The molecule has 2 rings (SSSR count). The molecule has 0 aliphatic rings. The summed E-state index contributed by atoms with van der Waals surface area (Å²) in [7, 11) is 3.08. The van der Waals surface area contributed by atoms with Gasteiger partial charge < -0.3 is 14.8 Å². The third kappa shape index (κ3) is 4.02. The number of nitrogens with one attached hydrogen (secondary N) is 1. The normalized spacial score (nSPS) is 11.0. The van der Waals surface area contributed by atoms with E-state index in [9.17, 15) is 4.79 Å². The van der Waals surface area contributed by atoms with Crippen molar-refractivity contribution in [2.45, 2.75) is 0 Å². The van der Waals surface area contributed by atoms with Crippen LogP contribution in [-0.4, -0.2) is 20.1 Å². The Morgan fingerprint density at radius 2 is 1.82 bits per heavy atom. The van der Waals surface area contributed by atoms with E-state index in [0.29, 0.717) is 17.2 Å². The zero-order valence-electron chi connectivity index (χ0n) is 12.3. The molecule has 22 heavy (non-hydrogen) atoms. The van der Waals surface area contributed by atoms with Crippen LogP contribution in [-0.2, 0) is 4.79 Å². The van der Waals surface area contributed by atoms with E-state index in [0.717, 1.165) is 5.56 Å². The second-order valence-corrected chi connectivity index (χ2v) is 4.83. The molecule has 0 spiro atoms. The van der Waals surface area contributed by atoms with Crippen molar-refractivity contribution in [3.05, 3.63) is 59.1 Å². The Balaban J connectivity index is 2.19. The highest BCUT2D eigenvalue weighted by Gasteiger charge is 2.12. The van der Waals surface area contributed by atoms with E-state index in [1.165, 1.54) is 7.11 Å². The number of hydrogen-bond acceptors (Lipinski definition) is 3. The molecular weight excluding hydrogens is 302 g/mol. The van der Waals surface area contributed by atoms with Crippen molar-refractivity contribution >= 4 is 29.3 Å². The second kappa shape index (κ2) is 7.52. The number of carbonyl (C=O) groups excluding carboxylic acids is 1. The van der Waals surface area contributed by atoms with Crippen molar-refractivity contribution in [2.75, 3.05) is 19.5 Å². The Morgan fingerprint density at radius 3 is 2.45 bits per heavy atom. The first-order valence-corrected chi connectivity index (χ1v) is 6.97. The first-order valence-electron chi connectivity index (χ1n) is 6.59. The van der Waals surface area contributed by atoms with Crippen LogP contribution >= 0.6 is 11.6 Å². The number of methoxy groups -OCH3 is 2. The van der Waals surface area contributed by atoms with Crippen LogP contribution < -0.4 is 14.8 Å². The van der Waals surface area contributed by atoms with E-state index in [-0.39, 0.29) is 5.03 Å². The molecule has 2 aromatic rings. The molecule has 0 fully saturated rings. The quantitative estimate of drug-likeness (QED) is 0.850. The minimum absolute atomic E-state index is 0.0797. The summed E-state index contributed by atoms with van der Waals surface area (Å²) in [6.07, 6.45) is 1.60. The van der Waals surface area contributed by atoms with Gasteiger partial charge in [0.25, 0.3) is 5.91 Å². The minimum atomic E-state index is -0.419. The lowest BCUT2D eigenvalue weighted by atomic mass is 10.2. The number of anilines is 1. The maximum atomic E-state index is 12.2. The van der Waals surface area contributed by atoms with Crippen LogP contribution in [0, 0.1) is 0 Å². The summed E-state index contributed by atoms with van der Waals surface area (Å²) in [6, 6.07) is 14.5. The molecule has 0 aromatic heterocycles. The van der Waals surface area contributed by atoms with Gasteiger partial charge in [0.2, 0.25) is 0 Å². The van der Waals surface area contributed by atoms with Gasteiger partial charge in [-0.3, -0.25) is 4.79 Å². The van der Waals surface area contributed by atoms with Gasteiger partial charge in [0.1, 0.15) is 16.5 Å². The zero-order chi connectivity index (χ0) is 15.9. The number of amides is 1. The molecule has 0 radical (unpaired) electrons. The molecule has 2 aromatic carbocycles. The third-order valence-electron chi connectivity index (χ3n) is 2.96. The van der Waals surface area contributed by atoms with Gasteiger partial charge in [-0.25, -0.2) is 0 Å². The first kappa shape index (κ1) is 15.9. The van der Waals surface area contributed by atoms with Crippen LogP contribution in [0.5, 0.6) is 11.5 Å². The number of rotatable bonds is 5. The molecular formula is C17H16ClNO3.